The van der Waals surface area contributed by atoms with E-state index < -0.39 is 12.0 Å². The Bertz CT molecular complexity index is 1400. The molecule has 9 heteroatoms. The number of amides is 3. The van der Waals surface area contributed by atoms with Crippen molar-refractivity contribution in [2.45, 2.75) is 38.3 Å². The van der Waals surface area contributed by atoms with Crippen LogP contribution in [0.5, 0.6) is 0 Å². The topological polar surface area (TPSA) is 110 Å². The number of esters is 1. The lowest BCUT2D eigenvalue weighted by molar-refractivity contribution is -0.118. The summed E-state index contributed by atoms with van der Waals surface area (Å²) in [6.45, 7) is 3.62. The lowest BCUT2D eigenvalue weighted by atomic mass is 9.83. The van der Waals surface area contributed by atoms with Gasteiger partial charge in [-0.25, -0.2) is 9.59 Å². The van der Waals surface area contributed by atoms with Gasteiger partial charge in [-0.3, -0.25) is 9.59 Å². The second-order valence-electron chi connectivity index (χ2n) is 10.1. The van der Waals surface area contributed by atoms with Crippen molar-refractivity contribution in [2.24, 2.45) is 5.92 Å². The number of hydrogen-bond donors (Lipinski definition) is 2. The van der Waals surface area contributed by atoms with Gasteiger partial charge in [-0.1, -0.05) is 36.4 Å². The van der Waals surface area contributed by atoms with Crippen molar-refractivity contribution in [1.29, 1.82) is 0 Å². The Morgan fingerprint density at radius 3 is 2.46 bits per heavy atom. The van der Waals surface area contributed by atoms with Gasteiger partial charge in [0.15, 0.2) is 0 Å². The number of carbonyl (C=O) groups is 3. The van der Waals surface area contributed by atoms with Crippen LogP contribution in [0.4, 0.5) is 10.5 Å². The zero-order valence-electron chi connectivity index (χ0n) is 21.8. The lowest BCUT2D eigenvalue weighted by Crippen LogP contribution is -2.55. The van der Waals surface area contributed by atoms with Gasteiger partial charge in [0, 0.05) is 49.4 Å². The molecule has 0 radical (unpaired) electrons. The largest absolute Gasteiger partial charge is 0.462 e. The van der Waals surface area contributed by atoms with Gasteiger partial charge in [0.25, 0.3) is 5.56 Å². The van der Waals surface area contributed by atoms with E-state index in [-0.39, 0.29) is 35.9 Å². The number of piperidine rings is 1. The average molecular weight is 529 g/mol. The number of rotatable bonds is 7. The van der Waals surface area contributed by atoms with Gasteiger partial charge >= 0.3 is 12.0 Å². The van der Waals surface area contributed by atoms with Gasteiger partial charge < -0.3 is 24.8 Å². The summed E-state index contributed by atoms with van der Waals surface area (Å²) in [5.74, 6) is -0.522. The molecule has 0 saturated carbocycles. The Hall–Kier alpha value is -4.40. The number of aromatic nitrogens is 1. The summed E-state index contributed by atoms with van der Waals surface area (Å²) in [5, 5.41) is 5.82. The Kier molecular flexibility index (Phi) is 7.76. The third-order valence-corrected chi connectivity index (χ3v) is 7.33. The smallest absolute Gasteiger partial charge is 0.338 e. The number of fused-ring (bicyclic) bond motifs is 4. The maximum absolute atomic E-state index is 13.5. The quantitative estimate of drug-likeness (QED) is 0.457. The number of carbonyl (C=O) groups excluding carboxylic acids is 3. The predicted molar refractivity (Wildman–Crippen MR) is 147 cm³/mol. The molecule has 1 saturated heterocycles. The highest BCUT2D eigenvalue weighted by Gasteiger charge is 2.37. The number of nitrogens with one attached hydrogen (secondary N) is 2. The van der Waals surface area contributed by atoms with E-state index in [1.165, 1.54) is 0 Å². The molecule has 1 fully saturated rings. The van der Waals surface area contributed by atoms with Crippen LogP contribution >= 0.6 is 0 Å². The van der Waals surface area contributed by atoms with E-state index in [4.69, 9.17) is 4.74 Å². The monoisotopic (exact) mass is 528 g/mol. The van der Waals surface area contributed by atoms with Crippen molar-refractivity contribution in [1.82, 2.24) is 14.8 Å². The highest BCUT2D eigenvalue weighted by Crippen LogP contribution is 2.34. The summed E-state index contributed by atoms with van der Waals surface area (Å²) < 4.78 is 6.84. The predicted octanol–water partition coefficient (Wildman–Crippen LogP) is 3.40. The minimum Gasteiger partial charge on any atom is -0.462 e. The van der Waals surface area contributed by atoms with Crippen molar-refractivity contribution in [2.75, 3.05) is 25.0 Å². The van der Waals surface area contributed by atoms with Crippen molar-refractivity contribution >= 4 is 23.6 Å². The number of hydrogen-bond acceptors (Lipinski definition) is 5. The minimum atomic E-state index is -0.818. The fraction of sp³-hybridized carbons (Fsp3) is 0.333. The van der Waals surface area contributed by atoms with Crippen LogP contribution in [-0.2, 0) is 22.5 Å². The van der Waals surface area contributed by atoms with E-state index in [0.29, 0.717) is 37.3 Å². The van der Waals surface area contributed by atoms with Crippen LogP contribution in [0.3, 0.4) is 0 Å². The summed E-state index contributed by atoms with van der Waals surface area (Å²) in [6.07, 6.45) is 1.25. The van der Waals surface area contributed by atoms with E-state index in [2.05, 4.69) is 10.6 Å². The standard InChI is InChI=1S/C30H32N4O5/c1-2-39-29(37)22-11-13-24(14-12-22)31-28(36)25(16-20-7-4-3-5-8-20)32-30(38)33-17-21-15-23(19-33)26-9-6-10-27(35)34(26)18-21/h3-14,21,23,25H,2,15-19H2,1H3,(H,31,36)(H,32,38)/t21-,23-,25-/m0/s1. The molecule has 3 amide bonds. The van der Waals surface area contributed by atoms with E-state index in [9.17, 15) is 19.2 Å². The van der Waals surface area contributed by atoms with Gasteiger partial charge in [-0.15, -0.1) is 0 Å². The van der Waals surface area contributed by atoms with Crippen molar-refractivity contribution in [3.8, 4) is 0 Å². The second kappa shape index (κ2) is 11.6. The number of pyridine rings is 1. The molecular weight excluding hydrogens is 496 g/mol. The second-order valence-corrected chi connectivity index (χ2v) is 10.1. The Labute approximate surface area is 226 Å². The molecular formula is C30H32N4O5. The fourth-order valence-corrected chi connectivity index (χ4v) is 5.50. The molecule has 2 bridgehead atoms. The number of benzene rings is 2. The van der Waals surface area contributed by atoms with E-state index in [1.54, 1.807) is 48.2 Å². The maximum atomic E-state index is 13.5. The highest BCUT2D eigenvalue weighted by atomic mass is 16.5. The number of nitrogens with zero attached hydrogens (tertiary/aromatic N) is 2. The summed E-state index contributed by atoms with van der Waals surface area (Å²) in [7, 11) is 0. The summed E-state index contributed by atoms with van der Waals surface area (Å²) in [6, 6.07) is 20.2. The van der Waals surface area contributed by atoms with E-state index in [0.717, 1.165) is 17.7 Å². The first-order valence-corrected chi connectivity index (χ1v) is 13.3. The molecule has 0 spiro atoms. The Balaban J connectivity index is 1.29. The average Bonchev–Trinajstić information content (AvgIpc) is 2.94. The molecule has 39 heavy (non-hydrogen) atoms. The maximum Gasteiger partial charge on any atom is 0.338 e. The number of anilines is 1. The molecule has 1 aromatic heterocycles. The number of likely N-dealkylation sites (tertiary alicyclic amines) is 1. The first kappa shape index (κ1) is 26.2. The molecule has 2 aromatic carbocycles. The van der Waals surface area contributed by atoms with E-state index >= 15 is 0 Å². The molecule has 3 atom stereocenters. The zero-order valence-corrected chi connectivity index (χ0v) is 21.8. The molecule has 3 aromatic rings. The number of ether oxygens (including phenoxy) is 1. The summed E-state index contributed by atoms with van der Waals surface area (Å²) in [4.78, 5) is 52.9. The first-order valence-electron chi connectivity index (χ1n) is 13.3. The van der Waals surface area contributed by atoms with Crippen molar-refractivity contribution in [3.63, 3.8) is 0 Å². The summed E-state index contributed by atoms with van der Waals surface area (Å²) in [5.41, 5.74) is 2.77. The van der Waals surface area contributed by atoms with Crippen molar-refractivity contribution < 1.29 is 19.1 Å². The van der Waals surface area contributed by atoms with Crippen molar-refractivity contribution in [3.05, 3.63) is 100.0 Å². The van der Waals surface area contributed by atoms with Crippen LogP contribution in [-0.4, -0.2) is 53.1 Å². The van der Waals surface area contributed by atoms with E-state index in [1.807, 2.05) is 41.0 Å². The Morgan fingerprint density at radius 1 is 0.949 bits per heavy atom. The molecule has 9 nitrogen and oxygen atoms in total. The van der Waals surface area contributed by atoms with Gasteiger partial charge in [-0.2, -0.15) is 0 Å². The molecule has 2 N–H and O–H groups in total. The van der Waals surface area contributed by atoms with Gasteiger partial charge in [-0.05, 0) is 55.2 Å². The van der Waals surface area contributed by atoms with Crippen LogP contribution in [0.1, 0.15) is 40.9 Å². The first-order chi connectivity index (χ1) is 18.9. The van der Waals surface area contributed by atoms with Crippen LogP contribution < -0.4 is 16.2 Å². The number of urea groups is 1. The molecule has 2 aliphatic heterocycles. The molecule has 0 aliphatic carbocycles. The van der Waals surface area contributed by atoms with Crippen LogP contribution in [0.2, 0.25) is 0 Å². The highest BCUT2D eigenvalue weighted by molar-refractivity contribution is 5.98. The third kappa shape index (κ3) is 6.03. The molecule has 202 valence electrons. The summed E-state index contributed by atoms with van der Waals surface area (Å²) >= 11 is 0. The van der Waals surface area contributed by atoms with Crippen LogP contribution in [0.25, 0.3) is 0 Å². The molecule has 0 unspecified atom stereocenters. The molecule has 3 heterocycles. The SMILES string of the molecule is CCOC(=O)c1ccc(NC(=O)[C@H](Cc2ccccc2)NC(=O)N2C[C@@H]3C[C@@H](C2)c2cccc(=O)n2C3)cc1. The fourth-order valence-electron chi connectivity index (χ4n) is 5.50. The third-order valence-electron chi connectivity index (χ3n) is 7.33. The lowest BCUT2D eigenvalue weighted by Gasteiger charge is -2.43. The van der Waals surface area contributed by atoms with Crippen LogP contribution in [0, 0.1) is 5.92 Å². The van der Waals surface area contributed by atoms with Gasteiger partial charge in [0.05, 0.1) is 12.2 Å². The van der Waals surface area contributed by atoms with Gasteiger partial charge in [0.1, 0.15) is 6.04 Å². The Morgan fingerprint density at radius 2 is 1.72 bits per heavy atom. The molecule has 5 rings (SSSR count). The van der Waals surface area contributed by atoms with Crippen LogP contribution in [0.15, 0.2) is 77.6 Å². The van der Waals surface area contributed by atoms with Gasteiger partial charge in [0.2, 0.25) is 5.91 Å². The normalized spacial score (nSPS) is 18.4. The molecule has 2 aliphatic rings. The minimum absolute atomic E-state index is 0.00464. The zero-order chi connectivity index (χ0) is 27.4.